The Kier molecular flexibility index (Phi) is 5.53. The molecule has 1 saturated heterocycles. The number of aromatic nitrogens is 2. The summed E-state index contributed by atoms with van der Waals surface area (Å²) in [7, 11) is 0. The number of nitrogens with zero attached hydrogens (tertiary/aromatic N) is 4. The van der Waals surface area contributed by atoms with Crippen LogP contribution >= 0.6 is 11.6 Å². The summed E-state index contributed by atoms with van der Waals surface area (Å²) in [6.45, 7) is 7.04. The molecule has 4 rings (SSSR count). The van der Waals surface area contributed by atoms with Crippen molar-refractivity contribution in [3.8, 4) is 5.88 Å². The molecular weight excluding hydrogens is 388 g/mol. The highest BCUT2D eigenvalue weighted by Gasteiger charge is 2.27. The molecule has 0 unspecified atom stereocenters. The van der Waals surface area contributed by atoms with Gasteiger partial charge in [0.25, 0.3) is 5.91 Å². The van der Waals surface area contributed by atoms with Crippen molar-refractivity contribution in [2.24, 2.45) is 0 Å². The van der Waals surface area contributed by atoms with Gasteiger partial charge in [0.1, 0.15) is 0 Å². The molecule has 1 aliphatic heterocycles. The van der Waals surface area contributed by atoms with E-state index in [1.807, 2.05) is 54.3 Å². The van der Waals surface area contributed by atoms with Gasteiger partial charge in [0.2, 0.25) is 5.88 Å². The summed E-state index contributed by atoms with van der Waals surface area (Å²) in [5.74, 6) is 0.151. The van der Waals surface area contributed by atoms with Crippen LogP contribution in [0.25, 0.3) is 11.0 Å². The van der Waals surface area contributed by atoms with Crippen LogP contribution in [0.1, 0.15) is 23.0 Å². The molecule has 6 nitrogen and oxygen atoms in total. The molecule has 0 radical (unpaired) electrons. The number of hydrogen-bond acceptors (Lipinski definition) is 5. The molecule has 0 aliphatic carbocycles. The van der Waals surface area contributed by atoms with Gasteiger partial charge in [-0.05, 0) is 43.7 Å². The number of hydrogen-bond donors (Lipinski definition) is 0. The van der Waals surface area contributed by atoms with E-state index in [1.54, 1.807) is 0 Å². The zero-order valence-corrected chi connectivity index (χ0v) is 17.3. The minimum Gasteiger partial charge on any atom is -0.476 e. The van der Waals surface area contributed by atoms with E-state index >= 15 is 0 Å². The van der Waals surface area contributed by atoms with Gasteiger partial charge in [-0.15, -0.1) is 0 Å². The molecule has 0 saturated carbocycles. The zero-order chi connectivity index (χ0) is 20.4. The molecule has 1 aromatic heterocycles. The first-order valence-electron chi connectivity index (χ1n) is 9.76. The number of benzene rings is 2. The Hall–Kier alpha value is -2.86. The van der Waals surface area contributed by atoms with E-state index in [2.05, 4.69) is 21.8 Å². The molecule has 7 heteroatoms. The van der Waals surface area contributed by atoms with Crippen LogP contribution in [0.5, 0.6) is 5.88 Å². The maximum Gasteiger partial charge on any atom is 0.278 e. The summed E-state index contributed by atoms with van der Waals surface area (Å²) in [6.07, 6.45) is 0. The van der Waals surface area contributed by atoms with E-state index in [-0.39, 0.29) is 11.6 Å². The maximum absolute atomic E-state index is 13.2. The Bertz CT molecular complexity index is 1050. The number of para-hydroxylation sites is 2. The molecule has 0 bridgehead atoms. The number of fused-ring (bicyclic) bond motifs is 1. The topological polar surface area (TPSA) is 58.6 Å². The van der Waals surface area contributed by atoms with Crippen molar-refractivity contribution < 1.29 is 9.53 Å². The molecule has 0 atom stereocenters. The number of carbonyl (C=O) groups excluding carboxylic acids is 1. The van der Waals surface area contributed by atoms with Crippen LogP contribution in [0.3, 0.4) is 0 Å². The molecule has 0 N–H and O–H groups in total. The van der Waals surface area contributed by atoms with Crippen molar-refractivity contribution in [1.29, 1.82) is 0 Å². The fraction of sp³-hybridized carbons (Fsp3) is 0.318. The van der Waals surface area contributed by atoms with Gasteiger partial charge in [-0.3, -0.25) is 4.79 Å². The molecule has 150 valence electrons. The lowest BCUT2D eigenvalue weighted by Gasteiger charge is -2.36. The van der Waals surface area contributed by atoms with E-state index in [0.717, 1.165) is 23.8 Å². The van der Waals surface area contributed by atoms with Crippen molar-refractivity contribution in [1.82, 2.24) is 14.9 Å². The van der Waals surface area contributed by atoms with Gasteiger partial charge < -0.3 is 14.5 Å². The first-order valence-corrected chi connectivity index (χ1v) is 10.1. The summed E-state index contributed by atoms with van der Waals surface area (Å²) in [5.41, 5.74) is 3.97. The van der Waals surface area contributed by atoms with Crippen LogP contribution in [-0.4, -0.2) is 53.6 Å². The molecule has 1 aliphatic rings. The highest BCUT2D eigenvalue weighted by atomic mass is 35.5. The molecular formula is C22H23ClN4O2. The van der Waals surface area contributed by atoms with Gasteiger partial charge in [0, 0.05) is 36.9 Å². The van der Waals surface area contributed by atoms with Crippen LogP contribution in [0.4, 0.5) is 5.69 Å². The fourth-order valence-electron chi connectivity index (χ4n) is 3.58. The second-order valence-electron chi connectivity index (χ2n) is 7.01. The Labute approximate surface area is 175 Å². The lowest BCUT2D eigenvalue weighted by Crippen LogP contribution is -2.49. The highest BCUT2D eigenvalue weighted by molar-refractivity contribution is 6.30. The van der Waals surface area contributed by atoms with Crippen LogP contribution in [0, 0.1) is 6.92 Å². The molecule has 3 aromatic rings. The van der Waals surface area contributed by atoms with Crippen LogP contribution in [-0.2, 0) is 0 Å². The Morgan fingerprint density at radius 1 is 1.07 bits per heavy atom. The summed E-state index contributed by atoms with van der Waals surface area (Å²) < 4.78 is 5.63. The second kappa shape index (κ2) is 8.25. The lowest BCUT2D eigenvalue weighted by atomic mass is 10.1. The number of ether oxygens (including phenoxy) is 1. The number of rotatable bonds is 4. The van der Waals surface area contributed by atoms with Gasteiger partial charge in [-0.1, -0.05) is 29.8 Å². The summed E-state index contributed by atoms with van der Waals surface area (Å²) >= 11 is 6.17. The predicted octanol–water partition coefficient (Wildman–Crippen LogP) is 3.95. The third-order valence-electron chi connectivity index (χ3n) is 5.10. The first kappa shape index (κ1) is 19.5. The van der Waals surface area contributed by atoms with Gasteiger partial charge in [0.15, 0.2) is 5.69 Å². The minimum absolute atomic E-state index is 0.144. The SMILES string of the molecule is CCOc1nc2ccccc2nc1C(=O)N1CCN(c2cc(Cl)ccc2C)CC1. The van der Waals surface area contributed by atoms with E-state index in [0.29, 0.717) is 36.6 Å². The smallest absolute Gasteiger partial charge is 0.278 e. The largest absolute Gasteiger partial charge is 0.476 e. The Balaban J connectivity index is 1.55. The molecule has 2 heterocycles. The second-order valence-corrected chi connectivity index (χ2v) is 7.45. The molecule has 0 spiro atoms. The average Bonchev–Trinajstić information content (AvgIpc) is 2.75. The zero-order valence-electron chi connectivity index (χ0n) is 16.6. The molecule has 29 heavy (non-hydrogen) atoms. The van der Waals surface area contributed by atoms with Crippen molar-refractivity contribution in [3.05, 3.63) is 58.7 Å². The standard InChI is InChI=1S/C22H23ClN4O2/c1-3-29-21-20(24-17-6-4-5-7-18(17)25-21)22(28)27-12-10-26(11-13-27)19-14-16(23)9-8-15(19)2/h4-9,14H,3,10-13H2,1-2H3. The summed E-state index contributed by atoms with van der Waals surface area (Å²) in [4.78, 5) is 26.4. The van der Waals surface area contributed by atoms with Gasteiger partial charge in [-0.2, -0.15) is 0 Å². The van der Waals surface area contributed by atoms with Gasteiger partial charge >= 0.3 is 0 Å². The van der Waals surface area contributed by atoms with E-state index < -0.39 is 0 Å². The fourth-order valence-corrected chi connectivity index (χ4v) is 3.75. The number of piperazine rings is 1. The van der Waals surface area contributed by atoms with Crippen molar-refractivity contribution in [2.45, 2.75) is 13.8 Å². The van der Waals surface area contributed by atoms with E-state index in [4.69, 9.17) is 16.3 Å². The van der Waals surface area contributed by atoms with E-state index in [1.165, 1.54) is 5.56 Å². The molecule has 1 fully saturated rings. The normalized spacial score (nSPS) is 14.3. The monoisotopic (exact) mass is 410 g/mol. The number of aryl methyl sites for hydroxylation is 1. The maximum atomic E-state index is 13.2. The van der Waals surface area contributed by atoms with Crippen LogP contribution in [0.15, 0.2) is 42.5 Å². The third kappa shape index (κ3) is 3.98. The number of carbonyl (C=O) groups is 1. The lowest BCUT2D eigenvalue weighted by molar-refractivity contribution is 0.0735. The Morgan fingerprint density at radius 3 is 2.45 bits per heavy atom. The van der Waals surface area contributed by atoms with Crippen molar-refractivity contribution in [2.75, 3.05) is 37.7 Å². The van der Waals surface area contributed by atoms with Crippen molar-refractivity contribution in [3.63, 3.8) is 0 Å². The number of halogens is 1. The van der Waals surface area contributed by atoms with Crippen molar-refractivity contribution >= 4 is 34.2 Å². The van der Waals surface area contributed by atoms with Crippen LogP contribution in [0.2, 0.25) is 5.02 Å². The van der Waals surface area contributed by atoms with Gasteiger partial charge in [0.05, 0.1) is 17.6 Å². The molecule has 2 aromatic carbocycles. The Morgan fingerprint density at radius 2 is 1.76 bits per heavy atom. The number of anilines is 1. The predicted molar refractivity (Wildman–Crippen MR) is 115 cm³/mol. The third-order valence-corrected chi connectivity index (χ3v) is 5.34. The summed E-state index contributed by atoms with van der Waals surface area (Å²) in [6, 6.07) is 13.4. The molecule has 1 amide bonds. The summed E-state index contributed by atoms with van der Waals surface area (Å²) in [5, 5.41) is 0.719. The average molecular weight is 411 g/mol. The van der Waals surface area contributed by atoms with E-state index in [9.17, 15) is 4.79 Å². The highest BCUT2D eigenvalue weighted by Crippen LogP contribution is 2.26. The number of amides is 1. The first-order chi connectivity index (χ1) is 14.1. The minimum atomic E-state index is -0.144. The quantitative estimate of drug-likeness (QED) is 0.651. The van der Waals surface area contributed by atoms with Crippen LogP contribution < -0.4 is 9.64 Å². The van der Waals surface area contributed by atoms with Gasteiger partial charge in [-0.25, -0.2) is 9.97 Å².